The van der Waals surface area contributed by atoms with E-state index in [0.29, 0.717) is 35.3 Å². The lowest BCUT2D eigenvalue weighted by molar-refractivity contribution is 0.269. The van der Waals surface area contributed by atoms with Gasteiger partial charge in [0.15, 0.2) is 11.5 Å². The van der Waals surface area contributed by atoms with E-state index < -0.39 is 5.63 Å². The van der Waals surface area contributed by atoms with Crippen LogP contribution in [0.25, 0.3) is 12.7 Å². The normalized spacial score (nSPS) is 11.5. The Morgan fingerprint density at radius 3 is 2.60 bits per heavy atom. The van der Waals surface area contributed by atoms with E-state index in [1.165, 1.54) is 0 Å². The Bertz CT molecular complexity index is 972. The van der Waals surface area contributed by atoms with Crippen LogP contribution in [0.2, 0.25) is 0 Å². The highest BCUT2D eigenvalue weighted by atomic mass is 16.5. The van der Waals surface area contributed by atoms with E-state index in [9.17, 15) is 4.79 Å². The van der Waals surface area contributed by atoms with Gasteiger partial charge in [-0.3, -0.25) is 0 Å². The van der Waals surface area contributed by atoms with Gasteiger partial charge >= 0.3 is 5.63 Å². The van der Waals surface area contributed by atoms with Crippen LogP contribution in [0, 0.1) is 0 Å². The minimum Gasteiger partial charge on any atom is -0.490 e. The third kappa shape index (κ3) is 4.01. The first kappa shape index (κ1) is 16.6. The van der Waals surface area contributed by atoms with Gasteiger partial charge in [-0.1, -0.05) is 43.0 Å². The molecule has 3 aromatic rings. The van der Waals surface area contributed by atoms with Crippen LogP contribution in [0.3, 0.4) is 0 Å². The Balaban J connectivity index is 1.89. The van der Waals surface area contributed by atoms with Gasteiger partial charge in [0, 0.05) is 0 Å². The molecule has 0 aliphatic carbocycles. The zero-order chi connectivity index (χ0) is 17.6. The fourth-order valence-electron chi connectivity index (χ4n) is 2.39. The van der Waals surface area contributed by atoms with Gasteiger partial charge in [0.05, 0.1) is 17.2 Å². The molecule has 0 radical (unpaired) electrons. The Morgan fingerprint density at radius 2 is 1.92 bits per heavy atom. The Labute approximate surface area is 144 Å². The van der Waals surface area contributed by atoms with Gasteiger partial charge in [-0.05, 0) is 36.3 Å². The van der Waals surface area contributed by atoms with E-state index >= 15 is 0 Å². The number of benzene rings is 2. The zero-order valence-electron chi connectivity index (χ0n) is 14.0. The van der Waals surface area contributed by atoms with Crippen molar-refractivity contribution in [3.8, 4) is 11.5 Å². The third-order valence-electron chi connectivity index (χ3n) is 3.63. The lowest BCUT2D eigenvalue weighted by atomic mass is 10.1. The maximum atomic E-state index is 11.7. The standard InChI is InChI=1S/C20H19NO4/c1-3-23-19-12-16(11-17-14(2)21-25-20(17)22)9-10-18(19)24-13-15-7-5-4-6-8-15/h4-12,21H,2-3,13H2,1H3. The number of hydrogen-bond donors (Lipinski definition) is 1. The molecule has 0 fully saturated rings. The predicted molar refractivity (Wildman–Crippen MR) is 96.1 cm³/mol. The zero-order valence-corrected chi connectivity index (χ0v) is 14.0. The van der Waals surface area contributed by atoms with Crippen molar-refractivity contribution in [2.75, 3.05) is 6.61 Å². The molecule has 0 spiro atoms. The number of H-pyrrole nitrogens is 1. The summed E-state index contributed by atoms with van der Waals surface area (Å²) in [6, 6.07) is 15.4. The van der Waals surface area contributed by atoms with Crippen molar-refractivity contribution in [1.29, 1.82) is 0 Å². The van der Waals surface area contributed by atoms with E-state index in [4.69, 9.17) is 14.0 Å². The number of hydrogen-bond acceptors (Lipinski definition) is 4. The van der Waals surface area contributed by atoms with Crippen molar-refractivity contribution >= 4 is 12.7 Å². The number of ether oxygens (including phenoxy) is 2. The summed E-state index contributed by atoms with van der Waals surface area (Å²) < 4.78 is 16.3. The summed E-state index contributed by atoms with van der Waals surface area (Å²) in [5.41, 5.74) is 1.42. The molecular weight excluding hydrogens is 318 g/mol. The Hall–Kier alpha value is -3.21. The highest BCUT2D eigenvalue weighted by Gasteiger charge is 2.07. The molecule has 5 nitrogen and oxygen atoms in total. The highest BCUT2D eigenvalue weighted by Crippen LogP contribution is 2.29. The van der Waals surface area contributed by atoms with Crippen molar-refractivity contribution in [3.05, 3.63) is 80.6 Å². The molecule has 1 heterocycles. The number of nitrogens with one attached hydrogen (secondary N) is 1. The molecule has 1 N–H and O–H groups in total. The van der Waals surface area contributed by atoms with Crippen LogP contribution in [0.4, 0.5) is 0 Å². The van der Waals surface area contributed by atoms with E-state index in [0.717, 1.165) is 11.1 Å². The minimum atomic E-state index is -0.452. The second-order valence-electron chi connectivity index (χ2n) is 5.44. The van der Waals surface area contributed by atoms with Crippen LogP contribution in [-0.4, -0.2) is 11.8 Å². The highest BCUT2D eigenvalue weighted by molar-refractivity contribution is 5.55. The summed E-state index contributed by atoms with van der Waals surface area (Å²) in [6.07, 6.45) is 1.70. The number of aromatic amines is 1. The average Bonchev–Trinajstić information content (AvgIpc) is 2.94. The van der Waals surface area contributed by atoms with Gasteiger partial charge < -0.3 is 14.0 Å². The molecule has 1 aromatic heterocycles. The first-order chi connectivity index (χ1) is 12.2. The summed E-state index contributed by atoms with van der Waals surface area (Å²) in [7, 11) is 0. The topological polar surface area (TPSA) is 64.5 Å². The molecule has 5 heteroatoms. The van der Waals surface area contributed by atoms with E-state index in [-0.39, 0.29) is 0 Å². The second-order valence-corrected chi connectivity index (χ2v) is 5.44. The average molecular weight is 337 g/mol. The molecule has 25 heavy (non-hydrogen) atoms. The van der Waals surface area contributed by atoms with Crippen molar-refractivity contribution in [3.63, 3.8) is 0 Å². The van der Waals surface area contributed by atoms with Crippen molar-refractivity contribution in [1.82, 2.24) is 5.16 Å². The van der Waals surface area contributed by atoms with Crippen LogP contribution in [0.1, 0.15) is 18.1 Å². The van der Waals surface area contributed by atoms with Crippen LogP contribution in [0.5, 0.6) is 11.5 Å². The van der Waals surface area contributed by atoms with Crippen LogP contribution in [0.15, 0.2) is 57.8 Å². The number of aromatic nitrogens is 1. The molecule has 0 aliphatic heterocycles. The van der Waals surface area contributed by atoms with Crippen LogP contribution < -0.4 is 25.7 Å². The third-order valence-corrected chi connectivity index (χ3v) is 3.63. The molecule has 0 saturated carbocycles. The molecular formula is C20H19NO4. The summed E-state index contributed by atoms with van der Waals surface area (Å²) in [4.78, 5) is 11.7. The lowest BCUT2D eigenvalue weighted by Gasteiger charge is -2.12. The number of rotatable bonds is 6. The van der Waals surface area contributed by atoms with E-state index in [1.807, 2.05) is 55.5 Å². The molecule has 0 bridgehead atoms. The van der Waals surface area contributed by atoms with E-state index in [2.05, 4.69) is 11.7 Å². The monoisotopic (exact) mass is 337 g/mol. The molecule has 3 rings (SSSR count). The smallest absolute Gasteiger partial charge is 0.365 e. The maximum absolute atomic E-state index is 11.7. The van der Waals surface area contributed by atoms with Gasteiger partial charge in [0.25, 0.3) is 0 Å². The predicted octanol–water partition coefficient (Wildman–Crippen LogP) is 2.18. The molecule has 2 aromatic carbocycles. The second kappa shape index (κ2) is 7.57. The molecule has 128 valence electrons. The Morgan fingerprint density at radius 1 is 1.12 bits per heavy atom. The first-order valence-corrected chi connectivity index (χ1v) is 7.99. The van der Waals surface area contributed by atoms with Gasteiger partial charge in [0.1, 0.15) is 6.61 Å². The molecule has 0 unspecified atom stereocenters. The first-order valence-electron chi connectivity index (χ1n) is 7.99. The van der Waals surface area contributed by atoms with Crippen molar-refractivity contribution < 1.29 is 14.0 Å². The summed E-state index contributed by atoms with van der Waals surface area (Å²) in [6.45, 7) is 6.61. The van der Waals surface area contributed by atoms with Crippen molar-refractivity contribution in [2.24, 2.45) is 0 Å². The largest absolute Gasteiger partial charge is 0.490 e. The summed E-state index contributed by atoms with van der Waals surface area (Å²) >= 11 is 0. The van der Waals surface area contributed by atoms with Crippen LogP contribution >= 0.6 is 0 Å². The van der Waals surface area contributed by atoms with Gasteiger partial charge in [0.2, 0.25) is 0 Å². The van der Waals surface area contributed by atoms with Gasteiger partial charge in [-0.2, -0.15) is 0 Å². The molecule has 0 saturated heterocycles. The minimum absolute atomic E-state index is 0.389. The Kier molecular flexibility index (Phi) is 5.04. The summed E-state index contributed by atoms with van der Waals surface area (Å²) in [5, 5.41) is 3.29. The van der Waals surface area contributed by atoms with Gasteiger partial charge in [-0.25, -0.2) is 9.95 Å². The molecule has 0 aliphatic rings. The van der Waals surface area contributed by atoms with Crippen molar-refractivity contribution in [2.45, 2.75) is 13.5 Å². The van der Waals surface area contributed by atoms with E-state index in [1.54, 1.807) is 6.08 Å². The lowest BCUT2D eigenvalue weighted by Crippen LogP contribution is -2.31. The quantitative estimate of drug-likeness (QED) is 0.749. The molecule has 0 atom stereocenters. The fraction of sp³-hybridized carbons (Fsp3) is 0.150. The SMILES string of the molecule is C=c1[nH]oc(=O)c1=Cc1ccc(OCc2ccccc2)c(OCC)c1. The van der Waals surface area contributed by atoms with Crippen LogP contribution in [-0.2, 0) is 6.61 Å². The van der Waals surface area contributed by atoms with Gasteiger partial charge in [-0.15, -0.1) is 0 Å². The summed E-state index contributed by atoms with van der Waals surface area (Å²) in [5.74, 6) is 1.27. The fourth-order valence-corrected chi connectivity index (χ4v) is 2.39. The maximum Gasteiger partial charge on any atom is 0.365 e. The molecule has 0 amide bonds.